The van der Waals surface area contributed by atoms with Gasteiger partial charge < -0.3 is 5.11 Å². The van der Waals surface area contributed by atoms with E-state index in [4.69, 9.17) is 5.11 Å². The van der Waals surface area contributed by atoms with Gasteiger partial charge in [0.25, 0.3) is 0 Å². The molecule has 1 N–H and O–H groups in total. The van der Waals surface area contributed by atoms with E-state index in [1.54, 1.807) is 6.92 Å². The maximum absolute atomic E-state index is 13.1. The van der Waals surface area contributed by atoms with Crippen molar-refractivity contribution >= 4 is 5.97 Å². The van der Waals surface area contributed by atoms with Crippen LogP contribution in [-0.4, -0.2) is 11.1 Å². The normalized spacial score (nSPS) is 12.5. The van der Waals surface area contributed by atoms with E-state index in [0.29, 0.717) is 0 Å². The summed E-state index contributed by atoms with van der Waals surface area (Å²) in [5.41, 5.74) is 0.230. The number of hydrogen-bond acceptors (Lipinski definition) is 1. The molecule has 0 aliphatic rings. The SMILES string of the molecule is CC(CC(=O)O)c1ccc(F)cc1F. The highest BCUT2D eigenvalue weighted by molar-refractivity contribution is 5.67. The summed E-state index contributed by atoms with van der Waals surface area (Å²) in [7, 11) is 0. The molecule has 0 aliphatic carbocycles. The van der Waals surface area contributed by atoms with Gasteiger partial charge in [-0.3, -0.25) is 4.79 Å². The van der Waals surface area contributed by atoms with Crippen LogP contribution in [0, 0.1) is 11.6 Å². The number of carboxylic acids is 1. The Morgan fingerprint density at radius 3 is 2.64 bits per heavy atom. The van der Waals surface area contributed by atoms with Gasteiger partial charge in [0, 0.05) is 6.07 Å². The topological polar surface area (TPSA) is 37.3 Å². The summed E-state index contributed by atoms with van der Waals surface area (Å²) in [5, 5.41) is 8.49. The first-order valence-electron chi connectivity index (χ1n) is 4.17. The van der Waals surface area contributed by atoms with Crippen LogP contribution < -0.4 is 0 Å². The van der Waals surface area contributed by atoms with E-state index in [0.717, 1.165) is 12.1 Å². The maximum atomic E-state index is 13.1. The smallest absolute Gasteiger partial charge is 0.303 e. The molecule has 1 rings (SSSR count). The van der Waals surface area contributed by atoms with Crippen LogP contribution in [0.3, 0.4) is 0 Å². The summed E-state index contributed by atoms with van der Waals surface area (Å²) in [6, 6.07) is 3.16. The number of benzene rings is 1. The van der Waals surface area contributed by atoms with Crippen molar-refractivity contribution < 1.29 is 18.7 Å². The van der Waals surface area contributed by atoms with Gasteiger partial charge in [0.05, 0.1) is 6.42 Å². The van der Waals surface area contributed by atoms with E-state index in [1.807, 2.05) is 0 Å². The van der Waals surface area contributed by atoms with Crippen molar-refractivity contribution in [3.05, 3.63) is 35.4 Å². The van der Waals surface area contributed by atoms with Gasteiger partial charge in [-0.1, -0.05) is 13.0 Å². The molecule has 1 unspecified atom stereocenters. The molecule has 4 heteroatoms. The molecule has 0 radical (unpaired) electrons. The van der Waals surface area contributed by atoms with Gasteiger partial charge in [-0.15, -0.1) is 0 Å². The molecule has 1 atom stereocenters. The lowest BCUT2D eigenvalue weighted by Gasteiger charge is -2.09. The van der Waals surface area contributed by atoms with Crippen molar-refractivity contribution in [1.82, 2.24) is 0 Å². The van der Waals surface area contributed by atoms with Gasteiger partial charge in [-0.2, -0.15) is 0 Å². The minimum Gasteiger partial charge on any atom is -0.481 e. The number of carboxylic acid groups (broad SMARTS) is 1. The predicted molar refractivity (Wildman–Crippen MR) is 47.0 cm³/mol. The monoisotopic (exact) mass is 200 g/mol. The Morgan fingerprint density at radius 2 is 2.14 bits per heavy atom. The third-order valence-corrected chi connectivity index (χ3v) is 1.97. The second-order valence-corrected chi connectivity index (χ2v) is 3.16. The quantitative estimate of drug-likeness (QED) is 0.814. The number of aliphatic carboxylic acids is 1. The van der Waals surface area contributed by atoms with Gasteiger partial charge in [-0.25, -0.2) is 8.78 Å². The zero-order chi connectivity index (χ0) is 10.7. The first-order valence-corrected chi connectivity index (χ1v) is 4.17. The van der Waals surface area contributed by atoms with Crippen LogP contribution in [0.5, 0.6) is 0 Å². The standard InChI is InChI=1S/C10H10F2O2/c1-6(4-10(13)14)8-3-2-7(11)5-9(8)12/h2-3,5-6H,4H2,1H3,(H,13,14). The molecule has 0 amide bonds. The molecule has 0 saturated heterocycles. The molecular formula is C10H10F2O2. The van der Waals surface area contributed by atoms with Crippen molar-refractivity contribution in [3.63, 3.8) is 0 Å². The minimum atomic E-state index is -0.999. The van der Waals surface area contributed by atoms with Crippen molar-refractivity contribution in [2.24, 2.45) is 0 Å². The van der Waals surface area contributed by atoms with Gasteiger partial charge in [0.2, 0.25) is 0 Å². The van der Waals surface area contributed by atoms with Crippen LogP contribution in [0.2, 0.25) is 0 Å². The molecule has 0 spiro atoms. The van der Waals surface area contributed by atoms with Gasteiger partial charge >= 0.3 is 5.97 Å². The molecule has 0 aliphatic heterocycles. The highest BCUT2D eigenvalue weighted by atomic mass is 19.1. The van der Waals surface area contributed by atoms with Crippen LogP contribution in [0.25, 0.3) is 0 Å². The van der Waals surface area contributed by atoms with Crippen LogP contribution in [-0.2, 0) is 4.79 Å². The highest BCUT2D eigenvalue weighted by Gasteiger charge is 2.14. The second-order valence-electron chi connectivity index (χ2n) is 3.16. The van der Waals surface area contributed by atoms with E-state index in [2.05, 4.69) is 0 Å². The zero-order valence-electron chi connectivity index (χ0n) is 7.63. The average Bonchev–Trinajstić information content (AvgIpc) is 2.01. The van der Waals surface area contributed by atoms with E-state index in [9.17, 15) is 13.6 Å². The van der Waals surface area contributed by atoms with E-state index < -0.39 is 23.5 Å². The summed E-state index contributed by atoms with van der Waals surface area (Å²) in [6.07, 6.45) is -0.164. The van der Waals surface area contributed by atoms with Crippen molar-refractivity contribution in [3.8, 4) is 0 Å². The lowest BCUT2D eigenvalue weighted by Crippen LogP contribution is -2.04. The predicted octanol–water partition coefficient (Wildman–Crippen LogP) is 2.54. The van der Waals surface area contributed by atoms with Gasteiger partial charge in [0.1, 0.15) is 11.6 Å². The summed E-state index contributed by atoms with van der Waals surface area (Å²) in [5.74, 6) is -2.80. The summed E-state index contributed by atoms with van der Waals surface area (Å²) in [4.78, 5) is 10.4. The molecule has 14 heavy (non-hydrogen) atoms. The number of hydrogen-bond donors (Lipinski definition) is 1. The highest BCUT2D eigenvalue weighted by Crippen LogP contribution is 2.22. The number of halogens is 2. The molecule has 1 aromatic rings. The Kier molecular flexibility index (Phi) is 3.17. The Hall–Kier alpha value is -1.45. The minimum absolute atomic E-state index is 0.164. The van der Waals surface area contributed by atoms with Crippen LogP contribution in [0.4, 0.5) is 8.78 Å². The van der Waals surface area contributed by atoms with E-state index >= 15 is 0 Å². The van der Waals surface area contributed by atoms with E-state index in [1.165, 1.54) is 6.07 Å². The molecule has 76 valence electrons. The third-order valence-electron chi connectivity index (χ3n) is 1.97. The second kappa shape index (κ2) is 4.17. The van der Waals surface area contributed by atoms with Crippen LogP contribution in [0.1, 0.15) is 24.8 Å². The molecule has 0 saturated carbocycles. The fourth-order valence-corrected chi connectivity index (χ4v) is 1.27. The summed E-state index contributed by atoms with van der Waals surface area (Å²) in [6.45, 7) is 1.59. The van der Waals surface area contributed by atoms with Crippen LogP contribution in [0.15, 0.2) is 18.2 Å². The molecular weight excluding hydrogens is 190 g/mol. The largest absolute Gasteiger partial charge is 0.481 e. The summed E-state index contributed by atoms with van der Waals surface area (Å²) >= 11 is 0. The summed E-state index contributed by atoms with van der Waals surface area (Å²) < 4.78 is 25.6. The molecule has 0 fully saturated rings. The maximum Gasteiger partial charge on any atom is 0.303 e. The van der Waals surface area contributed by atoms with Crippen molar-refractivity contribution in [1.29, 1.82) is 0 Å². The third kappa shape index (κ3) is 2.52. The Labute approximate surface area is 80.2 Å². The average molecular weight is 200 g/mol. The molecule has 0 aromatic heterocycles. The molecule has 0 bridgehead atoms. The Morgan fingerprint density at radius 1 is 1.50 bits per heavy atom. The Bertz CT molecular complexity index is 350. The lowest BCUT2D eigenvalue weighted by molar-refractivity contribution is -0.137. The fourth-order valence-electron chi connectivity index (χ4n) is 1.27. The van der Waals surface area contributed by atoms with Crippen molar-refractivity contribution in [2.45, 2.75) is 19.3 Å². The molecule has 1 aromatic carbocycles. The number of carbonyl (C=O) groups is 1. The van der Waals surface area contributed by atoms with Crippen molar-refractivity contribution in [2.75, 3.05) is 0 Å². The first kappa shape index (κ1) is 10.6. The molecule has 2 nitrogen and oxygen atoms in total. The van der Waals surface area contributed by atoms with Crippen LogP contribution >= 0.6 is 0 Å². The van der Waals surface area contributed by atoms with Gasteiger partial charge in [-0.05, 0) is 17.5 Å². The Balaban J connectivity index is 2.90. The van der Waals surface area contributed by atoms with Gasteiger partial charge in [0.15, 0.2) is 0 Å². The fraction of sp³-hybridized carbons (Fsp3) is 0.300. The molecule has 0 heterocycles. The first-order chi connectivity index (χ1) is 6.50. The van der Waals surface area contributed by atoms with E-state index in [-0.39, 0.29) is 12.0 Å². The number of rotatable bonds is 3. The lowest BCUT2D eigenvalue weighted by atomic mass is 9.97. The zero-order valence-corrected chi connectivity index (χ0v) is 7.63.